The maximum Gasteiger partial charge on any atom is 0.0359 e. The molecule has 1 unspecified atom stereocenters. The van der Waals surface area contributed by atoms with Gasteiger partial charge in [0.15, 0.2) is 0 Å². The van der Waals surface area contributed by atoms with E-state index >= 15 is 0 Å². The van der Waals surface area contributed by atoms with Crippen molar-refractivity contribution in [2.24, 2.45) is 0 Å². The van der Waals surface area contributed by atoms with E-state index < -0.39 is 0 Å². The molecule has 3 heteroatoms. The zero-order valence-corrected chi connectivity index (χ0v) is 13.3. The lowest BCUT2D eigenvalue weighted by molar-refractivity contribution is 0.268. The fourth-order valence-electron chi connectivity index (χ4n) is 2.92. The summed E-state index contributed by atoms with van der Waals surface area (Å²) in [6, 6.07) is 17.0. The average molecular weight is 298 g/mol. The highest BCUT2D eigenvalue weighted by Gasteiger charge is 2.24. The first kappa shape index (κ1) is 14.5. The molecule has 0 aromatic heterocycles. The van der Waals surface area contributed by atoms with Gasteiger partial charge in [-0.2, -0.15) is 0 Å². The third kappa shape index (κ3) is 3.25. The number of nitrogens with two attached hydrogens (primary N) is 1. The van der Waals surface area contributed by atoms with E-state index in [0.29, 0.717) is 5.92 Å². The van der Waals surface area contributed by atoms with Gasteiger partial charge in [0.1, 0.15) is 0 Å². The Morgan fingerprint density at radius 3 is 2.71 bits per heavy atom. The molecule has 0 aliphatic carbocycles. The minimum absolute atomic E-state index is 0.635. The Kier molecular flexibility index (Phi) is 4.51. The maximum absolute atomic E-state index is 6.08. The van der Waals surface area contributed by atoms with Crippen LogP contribution in [0.2, 0.25) is 0 Å². The van der Waals surface area contributed by atoms with Gasteiger partial charge in [0.25, 0.3) is 0 Å². The number of hydrogen-bond donors (Lipinski definition) is 1. The normalized spacial score (nSPS) is 17.1. The lowest BCUT2D eigenvalue weighted by Gasteiger charge is -2.25. The molecule has 0 bridgehead atoms. The molecule has 0 radical (unpaired) electrons. The molecule has 1 atom stereocenters. The van der Waals surface area contributed by atoms with Gasteiger partial charge in [0.2, 0.25) is 0 Å². The summed E-state index contributed by atoms with van der Waals surface area (Å²) >= 11 is 1.99. The Hall–Kier alpha value is -1.45. The number of thioether (sulfide) groups is 1. The smallest absolute Gasteiger partial charge is 0.0359 e. The molecule has 2 nitrogen and oxygen atoms in total. The summed E-state index contributed by atoms with van der Waals surface area (Å²) in [4.78, 5) is 3.96. The number of nitrogen functional groups attached to an aromatic ring is 1. The highest BCUT2D eigenvalue weighted by Crippen LogP contribution is 2.39. The first-order valence-electron chi connectivity index (χ1n) is 7.55. The second-order valence-corrected chi connectivity index (χ2v) is 6.63. The van der Waals surface area contributed by atoms with Crippen molar-refractivity contribution in [2.75, 3.05) is 24.6 Å². The summed E-state index contributed by atoms with van der Waals surface area (Å²) < 4.78 is 0. The summed E-state index contributed by atoms with van der Waals surface area (Å²) in [6.07, 6.45) is 0. The van der Waals surface area contributed by atoms with E-state index in [1.54, 1.807) is 0 Å². The van der Waals surface area contributed by atoms with Gasteiger partial charge in [-0.25, -0.2) is 0 Å². The predicted molar refractivity (Wildman–Crippen MR) is 91.7 cm³/mol. The Labute approximate surface area is 131 Å². The number of para-hydroxylation sites is 1. The summed E-state index contributed by atoms with van der Waals surface area (Å²) in [5.74, 6) is 1.83. The van der Waals surface area contributed by atoms with E-state index in [2.05, 4.69) is 48.2 Å². The SMILES string of the molecule is CCN(Cc1ccccc1N)CC1CSc2ccccc21. The molecule has 2 N–H and O–H groups in total. The van der Waals surface area contributed by atoms with Crippen LogP contribution in [0, 0.1) is 0 Å². The largest absolute Gasteiger partial charge is 0.398 e. The molecule has 0 spiro atoms. The minimum atomic E-state index is 0.635. The quantitative estimate of drug-likeness (QED) is 0.847. The predicted octanol–water partition coefficient (Wildman–Crippen LogP) is 3.98. The van der Waals surface area contributed by atoms with Gasteiger partial charge in [0.05, 0.1) is 0 Å². The lowest BCUT2D eigenvalue weighted by atomic mass is 10.0. The van der Waals surface area contributed by atoms with Crippen LogP contribution >= 0.6 is 11.8 Å². The van der Waals surface area contributed by atoms with Crippen molar-refractivity contribution in [3.63, 3.8) is 0 Å². The van der Waals surface area contributed by atoms with Crippen LogP contribution in [0.4, 0.5) is 5.69 Å². The summed E-state index contributed by atoms with van der Waals surface area (Å²) in [5.41, 5.74) is 9.73. The zero-order chi connectivity index (χ0) is 14.7. The Bertz CT molecular complexity index is 612. The number of hydrogen-bond acceptors (Lipinski definition) is 3. The number of nitrogens with zero attached hydrogens (tertiary/aromatic N) is 1. The standard InChI is InChI=1S/C18H22N2S/c1-2-20(11-14-7-3-5-9-17(14)19)12-15-13-21-18-10-6-4-8-16(15)18/h3-10,15H,2,11-13,19H2,1H3. The zero-order valence-electron chi connectivity index (χ0n) is 12.5. The molecule has 1 heterocycles. The number of rotatable bonds is 5. The van der Waals surface area contributed by atoms with Gasteiger partial charge in [-0.3, -0.25) is 4.90 Å². The second kappa shape index (κ2) is 6.54. The first-order chi connectivity index (χ1) is 10.3. The first-order valence-corrected chi connectivity index (χ1v) is 8.54. The molecular weight excluding hydrogens is 276 g/mol. The van der Waals surface area contributed by atoms with Gasteiger partial charge < -0.3 is 5.73 Å². The molecule has 0 fully saturated rings. The third-order valence-corrected chi connectivity index (χ3v) is 5.43. The highest BCUT2D eigenvalue weighted by atomic mass is 32.2. The fraction of sp³-hybridized carbons (Fsp3) is 0.333. The molecule has 0 saturated carbocycles. The topological polar surface area (TPSA) is 29.3 Å². The van der Waals surface area contributed by atoms with E-state index in [1.165, 1.54) is 21.8 Å². The van der Waals surface area contributed by atoms with E-state index in [0.717, 1.165) is 25.3 Å². The van der Waals surface area contributed by atoms with Crippen molar-refractivity contribution >= 4 is 17.4 Å². The van der Waals surface area contributed by atoms with Crippen LogP contribution in [-0.4, -0.2) is 23.7 Å². The lowest BCUT2D eigenvalue weighted by Crippen LogP contribution is -2.28. The van der Waals surface area contributed by atoms with Crippen molar-refractivity contribution in [3.05, 3.63) is 59.7 Å². The Balaban J connectivity index is 1.70. The van der Waals surface area contributed by atoms with Crippen LogP contribution < -0.4 is 5.73 Å². The number of benzene rings is 2. The Morgan fingerprint density at radius 2 is 1.90 bits per heavy atom. The minimum Gasteiger partial charge on any atom is -0.398 e. The highest BCUT2D eigenvalue weighted by molar-refractivity contribution is 7.99. The van der Waals surface area contributed by atoms with E-state index in [1.807, 2.05) is 23.9 Å². The third-order valence-electron chi connectivity index (χ3n) is 4.17. The van der Waals surface area contributed by atoms with Crippen molar-refractivity contribution in [2.45, 2.75) is 24.3 Å². The van der Waals surface area contributed by atoms with Crippen LogP contribution in [0.25, 0.3) is 0 Å². The fourth-order valence-corrected chi connectivity index (χ4v) is 4.16. The van der Waals surface area contributed by atoms with Gasteiger partial charge in [-0.15, -0.1) is 11.8 Å². The van der Waals surface area contributed by atoms with Crippen LogP contribution in [0.5, 0.6) is 0 Å². The van der Waals surface area contributed by atoms with E-state index in [-0.39, 0.29) is 0 Å². The molecule has 3 rings (SSSR count). The van der Waals surface area contributed by atoms with Crippen molar-refractivity contribution in [1.82, 2.24) is 4.90 Å². The molecule has 2 aromatic rings. The van der Waals surface area contributed by atoms with Crippen molar-refractivity contribution < 1.29 is 0 Å². The van der Waals surface area contributed by atoms with E-state index in [4.69, 9.17) is 5.73 Å². The van der Waals surface area contributed by atoms with Gasteiger partial charge in [0, 0.05) is 35.3 Å². The number of anilines is 1. The molecule has 0 saturated heterocycles. The molecule has 1 aliphatic rings. The monoisotopic (exact) mass is 298 g/mol. The van der Waals surface area contributed by atoms with Gasteiger partial charge in [-0.05, 0) is 29.8 Å². The molecule has 1 aliphatic heterocycles. The Morgan fingerprint density at radius 1 is 1.14 bits per heavy atom. The van der Waals surface area contributed by atoms with Gasteiger partial charge in [-0.1, -0.05) is 43.3 Å². The van der Waals surface area contributed by atoms with Crippen LogP contribution in [0.3, 0.4) is 0 Å². The molecule has 110 valence electrons. The summed E-state index contributed by atoms with van der Waals surface area (Å²) in [7, 11) is 0. The summed E-state index contributed by atoms with van der Waals surface area (Å²) in [5, 5.41) is 0. The molecular formula is C18H22N2S. The summed E-state index contributed by atoms with van der Waals surface area (Å²) in [6.45, 7) is 5.33. The van der Waals surface area contributed by atoms with Crippen molar-refractivity contribution in [1.29, 1.82) is 0 Å². The average Bonchev–Trinajstić information content (AvgIpc) is 2.92. The van der Waals surface area contributed by atoms with Gasteiger partial charge >= 0.3 is 0 Å². The van der Waals surface area contributed by atoms with Crippen molar-refractivity contribution in [3.8, 4) is 0 Å². The van der Waals surface area contributed by atoms with E-state index in [9.17, 15) is 0 Å². The second-order valence-electron chi connectivity index (χ2n) is 5.57. The molecule has 2 aromatic carbocycles. The number of likely N-dealkylation sites (N-methyl/N-ethyl adjacent to an activating group) is 1. The van der Waals surface area contributed by atoms with Crippen LogP contribution in [0.1, 0.15) is 24.0 Å². The molecule has 0 amide bonds. The van der Waals surface area contributed by atoms with Crippen LogP contribution in [-0.2, 0) is 6.54 Å². The molecule has 21 heavy (non-hydrogen) atoms. The van der Waals surface area contributed by atoms with Crippen LogP contribution in [0.15, 0.2) is 53.4 Å². The maximum atomic E-state index is 6.08. The number of fused-ring (bicyclic) bond motifs is 1.